The number of hydrogen-bond acceptors (Lipinski definition) is 3. The van der Waals surface area contributed by atoms with Gasteiger partial charge in [-0.3, -0.25) is 0 Å². The van der Waals surface area contributed by atoms with Crippen molar-refractivity contribution in [2.75, 3.05) is 0 Å². The second kappa shape index (κ2) is 4.67. The minimum atomic E-state index is -1.08. The molecule has 0 atom stereocenters. The van der Waals surface area contributed by atoms with E-state index < -0.39 is 5.97 Å². The second-order valence-corrected chi connectivity index (χ2v) is 3.37. The molecule has 2 rings (SSSR count). The molecule has 0 aliphatic rings. The lowest BCUT2D eigenvalue weighted by atomic mass is 10.2. The maximum Gasteiger partial charge on any atom is 0.338 e. The van der Waals surface area contributed by atoms with Gasteiger partial charge in [0.05, 0.1) is 22.2 Å². The van der Waals surface area contributed by atoms with E-state index in [0.29, 0.717) is 17.6 Å². The van der Waals surface area contributed by atoms with Crippen LogP contribution in [0.5, 0.6) is 0 Å². The molecule has 0 bridgehead atoms. The average Bonchev–Trinajstić information content (AvgIpc) is 2.61. The molecule has 0 saturated heterocycles. The normalized spacial score (nSPS) is 10.1. The van der Waals surface area contributed by atoms with Gasteiger partial charge in [0.15, 0.2) is 5.65 Å². The van der Waals surface area contributed by atoms with Gasteiger partial charge in [0.1, 0.15) is 0 Å². The quantitative estimate of drug-likeness (QED) is 0.900. The van der Waals surface area contributed by atoms with Crippen molar-refractivity contribution in [2.45, 2.75) is 13.5 Å². The Labute approximate surface area is 102 Å². The maximum absolute atomic E-state index is 10.8. The zero-order chi connectivity index (χ0) is 11.0. The molecule has 0 aliphatic carbocycles. The molecule has 0 unspecified atom stereocenters. The molecule has 0 aliphatic heterocycles. The number of carboxylic acids is 1. The summed E-state index contributed by atoms with van der Waals surface area (Å²) >= 11 is 5.93. The van der Waals surface area contributed by atoms with Crippen molar-refractivity contribution in [2.24, 2.45) is 0 Å². The molecular weight excluding hydrogens is 253 g/mol. The Kier molecular flexibility index (Phi) is 3.72. The van der Waals surface area contributed by atoms with Crippen LogP contribution in [0.4, 0.5) is 0 Å². The molecule has 0 saturated carbocycles. The van der Waals surface area contributed by atoms with Crippen molar-refractivity contribution in [3.05, 3.63) is 23.0 Å². The number of halogens is 2. The van der Waals surface area contributed by atoms with Crippen LogP contribution in [0, 0.1) is 0 Å². The standard InChI is InChI=1S/C9H8ClN3O2.ClH/c1-2-13-8-5(4-12-13)7(10)6(3-11-8)9(14)15;/h3-4H,2H2,1H3,(H,14,15);1H. The first kappa shape index (κ1) is 12.7. The highest BCUT2D eigenvalue weighted by Gasteiger charge is 2.15. The summed E-state index contributed by atoms with van der Waals surface area (Å²) in [6.45, 7) is 2.59. The van der Waals surface area contributed by atoms with Gasteiger partial charge in [0.25, 0.3) is 0 Å². The number of rotatable bonds is 2. The van der Waals surface area contributed by atoms with Crippen LogP contribution in [0.25, 0.3) is 11.0 Å². The van der Waals surface area contributed by atoms with Crippen LogP contribution in [-0.2, 0) is 6.54 Å². The largest absolute Gasteiger partial charge is 0.478 e. The molecule has 2 aromatic rings. The number of aromatic carboxylic acids is 1. The van der Waals surface area contributed by atoms with E-state index in [-0.39, 0.29) is 23.0 Å². The highest BCUT2D eigenvalue weighted by molar-refractivity contribution is 6.37. The third-order valence-electron chi connectivity index (χ3n) is 2.13. The highest BCUT2D eigenvalue weighted by Crippen LogP contribution is 2.25. The van der Waals surface area contributed by atoms with Crippen LogP contribution >= 0.6 is 24.0 Å². The van der Waals surface area contributed by atoms with Crippen LogP contribution in [0.1, 0.15) is 17.3 Å². The highest BCUT2D eigenvalue weighted by atomic mass is 35.5. The third-order valence-corrected chi connectivity index (χ3v) is 2.54. The summed E-state index contributed by atoms with van der Waals surface area (Å²) in [6, 6.07) is 0. The predicted molar refractivity (Wildman–Crippen MR) is 62.4 cm³/mol. The fourth-order valence-electron chi connectivity index (χ4n) is 1.38. The van der Waals surface area contributed by atoms with E-state index in [2.05, 4.69) is 10.1 Å². The smallest absolute Gasteiger partial charge is 0.338 e. The van der Waals surface area contributed by atoms with E-state index >= 15 is 0 Å². The van der Waals surface area contributed by atoms with Crippen LogP contribution in [-0.4, -0.2) is 25.8 Å². The number of carboxylic acid groups (broad SMARTS) is 1. The van der Waals surface area contributed by atoms with Crippen molar-refractivity contribution in [3.8, 4) is 0 Å². The van der Waals surface area contributed by atoms with Gasteiger partial charge in [-0.2, -0.15) is 5.10 Å². The summed E-state index contributed by atoms with van der Waals surface area (Å²) in [4.78, 5) is 14.8. The van der Waals surface area contributed by atoms with Gasteiger partial charge in [-0.05, 0) is 6.92 Å². The summed E-state index contributed by atoms with van der Waals surface area (Å²) in [5.74, 6) is -1.08. The number of nitrogens with zero attached hydrogens (tertiary/aromatic N) is 3. The summed E-state index contributed by atoms with van der Waals surface area (Å²) in [6.07, 6.45) is 2.78. The van der Waals surface area contributed by atoms with E-state index in [9.17, 15) is 4.79 Å². The zero-order valence-corrected chi connectivity index (χ0v) is 9.92. The number of aryl methyl sites for hydroxylation is 1. The molecule has 2 aromatic heterocycles. The van der Waals surface area contributed by atoms with Crippen molar-refractivity contribution >= 4 is 41.0 Å². The fourth-order valence-corrected chi connectivity index (χ4v) is 1.64. The molecule has 0 spiro atoms. The summed E-state index contributed by atoms with van der Waals surface area (Å²) in [7, 11) is 0. The Morgan fingerprint density at radius 3 is 2.81 bits per heavy atom. The van der Waals surface area contributed by atoms with E-state index in [1.54, 1.807) is 4.68 Å². The van der Waals surface area contributed by atoms with E-state index in [1.807, 2.05) is 6.92 Å². The van der Waals surface area contributed by atoms with Crippen LogP contribution in [0.3, 0.4) is 0 Å². The Balaban J connectivity index is 0.00000128. The molecule has 0 radical (unpaired) electrons. The van der Waals surface area contributed by atoms with E-state index in [4.69, 9.17) is 16.7 Å². The second-order valence-electron chi connectivity index (χ2n) is 2.99. The molecule has 86 valence electrons. The van der Waals surface area contributed by atoms with Crippen molar-refractivity contribution < 1.29 is 9.90 Å². The predicted octanol–water partition coefficient (Wildman–Crippen LogP) is 2.22. The molecule has 2 heterocycles. The molecule has 0 amide bonds. The van der Waals surface area contributed by atoms with Gasteiger partial charge in [-0.25, -0.2) is 14.5 Å². The maximum atomic E-state index is 10.8. The van der Waals surface area contributed by atoms with E-state index in [1.165, 1.54) is 12.4 Å². The summed E-state index contributed by atoms with van der Waals surface area (Å²) in [5.41, 5.74) is 0.604. The van der Waals surface area contributed by atoms with Gasteiger partial charge in [0, 0.05) is 12.7 Å². The zero-order valence-electron chi connectivity index (χ0n) is 8.35. The third kappa shape index (κ3) is 1.83. The van der Waals surface area contributed by atoms with Crippen molar-refractivity contribution in [3.63, 3.8) is 0 Å². The Hall–Kier alpha value is -1.33. The number of aromatic nitrogens is 3. The van der Waals surface area contributed by atoms with Gasteiger partial charge < -0.3 is 5.11 Å². The van der Waals surface area contributed by atoms with Gasteiger partial charge >= 0.3 is 5.97 Å². The lowest BCUT2D eigenvalue weighted by molar-refractivity contribution is 0.0697. The van der Waals surface area contributed by atoms with Crippen molar-refractivity contribution in [1.29, 1.82) is 0 Å². The lowest BCUT2D eigenvalue weighted by Crippen LogP contribution is -2.01. The SMILES string of the molecule is CCn1ncc2c(Cl)c(C(=O)O)cnc21.Cl. The Morgan fingerprint density at radius 1 is 1.56 bits per heavy atom. The molecule has 0 fully saturated rings. The first-order chi connectivity index (χ1) is 7.15. The van der Waals surface area contributed by atoms with Gasteiger partial charge in [-0.1, -0.05) is 11.6 Å². The first-order valence-electron chi connectivity index (χ1n) is 4.38. The molecule has 16 heavy (non-hydrogen) atoms. The average molecular weight is 262 g/mol. The minimum absolute atomic E-state index is 0. The molecule has 5 nitrogen and oxygen atoms in total. The molecule has 1 N–H and O–H groups in total. The Morgan fingerprint density at radius 2 is 2.25 bits per heavy atom. The summed E-state index contributed by atoms with van der Waals surface area (Å²) < 4.78 is 1.66. The number of hydrogen-bond donors (Lipinski definition) is 1. The van der Waals surface area contributed by atoms with Gasteiger partial charge in [0.2, 0.25) is 0 Å². The van der Waals surface area contributed by atoms with Crippen LogP contribution < -0.4 is 0 Å². The lowest BCUT2D eigenvalue weighted by Gasteiger charge is -2.00. The minimum Gasteiger partial charge on any atom is -0.478 e. The number of carbonyl (C=O) groups is 1. The van der Waals surface area contributed by atoms with E-state index in [0.717, 1.165) is 0 Å². The molecular formula is C9H9Cl2N3O2. The number of pyridine rings is 1. The monoisotopic (exact) mass is 261 g/mol. The van der Waals surface area contributed by atoms with Crippen molar-refractivity contribution in [1.82, 2.24) is 14.8 Å². The summed E-state index contributed by atoms with van der Waals surface area (Å²) in [5, 5.41) is 13.6. The van der Waals surface area contributed by atoms with Crippen LogP contribution in [0.2, 0.25) is 5.02 Å². The fraction of sp³-hybridized carbons (Fsp3) is 0.222. The van der Waals surface area contributed by atoms with Gasteiger partial charge in [-0.15, -0.1) is 12.4 Å². The van der Waals surface area contributed by atoms with Crippen LogP contribution in [0.15, 0.2) is 12.4 Å². The first-order valence-corrected chi connectivity index (χ1v) is 4.76. The molecule has 0 aromatic carbocycles. The Bertz CT molecular complexity index is 539. The molecule has 7 heteroatoms. The topological polar surface area (TPSA) is 68.0 Å². The number of fused-ring (bicyclic) bond motifs is 1.